The van der Waals surface area contributed by atoms with Crippen molar-refractivity contribution in [1.82, 2.24) is 9.80 Å². The standard InChI is InChI=1S/C20H21N3O8S/c1-12(24)31-14-7-6-13(18(30-2)17(14)23(28)29)10-15-19(26)22(20(27)32-15)11-16(25)21-8-4-3-5-9-21/h6-7,10H,3-5,8-9,11H2,1-2H3/b15-10-. The molecule has 0 unspecified atom stereocenters. The highest BCUT2D eigenvalue weighted by Crippen LogP contribution is 2.42. The van der Waals surface area contributed by atoms with Crippen molar-refractivity contribution in [1.29, 1.82) is 0 Å². The minimum absolute atomic E-state index is 0.00530. The van der Waals surface area contributed by atoms with Gasteiger partial charge in [-0.15, -0.1) is 0 Å². The van der Waals surface area contributed by atoms with Crippen LogP contribution in [0.2, 0.25) is 0 Å². The van der Waals surface area contributed by atoms with Crippen LogP contribution in [-0.2, 0) is 14.4 Å². The van der Waals surface area contributed by atoms with E-state index < -0.39 is 27.7 Å². The van der Waals surface area contributed by atoms with Crippen LogP contribution in [0.1, 0.15) is 31.7 Å². The number of methoxy groups -OCH3 is 1. The monoisotopic (exact) mass is 463 g/mol. The highest BCUT2D eigenvalue weighted by molar-refractivity contribution is 8.18. The molecule has 2 saturated heterocycles. The molecule has 2 heterocycles. The number of carbonyl (C=O) groups excluding carboxylic acids is 4. The fraction of sp³-hybridized carbons (Fsp3) is 0.400. The molecule has 170 valence electrons. The topological polar surface area (TPSA) is 136 Å². The first-order valence-corrected chi connectivity index (χ1v) is 10.6. The highest BCUT2D eigenvalue weighted by Gasteiger charge is 2.38. The summed E-state index contributed by atoms with van der Waals surface area (Å²) >= 11 is 0.631. The van der Waals surface area contributed by atoms with E-state index in [0.29, 0.717) is 24.9 Å². The van der Waals surface area contributed by atoms with Crippen LogP contribution in [0.15, 0.2) is 17.0 Å². The van der Waals surface area contributed by atoms with Gasteiger partial charge in [0, 0.05) is 25.6 Å². The zero-order valence-corrected chi connectivity index (χ0v) is 18.3. The van der Waals surface area contributed by atoms with Crippen LogP contribution in [0.5, 0.6) is 11.5 Å². The van der Waals surface area contributed by atoms with Crippen molar-refractivity contribution in [2.45, 2.75) is 26.2 Å². The second kappa shape index (κ2) is 9.81. The van der Waals surface area contributed by atoms with Crippen molar-refractivity contribution < 1.29 is 33.6 Å². The summed E-state index contributed by atoms with van der Waals surface area (Å²) in [4.78, 5) is 62.1. The number of ether oxygens (including phenoxy) is 2. The van der Waals surface area contributed by atoms with Crippen molar-refractivity contribution in [2.75, 3.05) is 26.7 Å². The smallest absolute Gasteiger partial charge is 0.353 e. The molecule has 1 aromatic rings. The second-order valence-corrected chi connectivity index (χ2v) is 8.09. The summed E-state index contributed by atoms with van der Waals surface area (Å²) in [6, 6.07) is 2.58. The molecular formula is C20H21N3O8S. The van der Waals surface area contributed by atoms with Gasteiger partial charge in [-0.1, -0.05) is 0 Å². The first-order valence-electron chi connectivity index (χ1n) is 9.80. The van der Waals surface area contributed by atoms with Crippen LogP contribution in [0.25, 0.3) is 6.08 Å². The number of hydrogen-bond donors (Lipinski definition) is 0. The van der Waals surface area contributed by atoms with E-state index in [4.69, 9.17) is 9.47 Å². The molecule has 0 aromatic heterocycles. The van der Waals surface area contributed by atoms with Crippen LogP contribution in [0.3, 0.4) is 0 Å². The first-order chi connectivity index (χ1) is 15.2. The van der Waals surface area contributed by atoms with Gasteiger partial charge < -0.3 is 14.4 Å². The normalized spacial score (nSPS) is 17.6. The fourth-order valence-electron chi connectivity index (χ4n) is 3.46. The van der Waals surface area contributed by atoms with Crippen LogP contribution < -0.4 is 9.47 Å². The van der Waals surface area contributed by atoms with Gasteiger partial charge in [-0.2, -0.15) is 0 Å². The molecule has 2 aliphatic rings. The van der Waals surface area contributed by atoms with E-state index in [2.05, 4.69) is 0 Å². The van der Waals surface area contributed by atoms with Crippen LogP contribution >= 0.6 is 11.8 Å². The van der Waals surface area contributed by atoms with E-state index in [-0.39, 0.29) is 34.4 Å². The van der Waals surface area contributed by atoms with Gasteiger partial charge in [-0.05, 0) is 49.2 Å². The summed E-state index contributed by atoms with van der Waals surface area (Å²) in [5, 5.41) is 10.9. The number of piperidine rings is 1. The summed E-state index contributed by atoms with van der Waals surface area (Å²) in [7, 11) is 1.19. The molecule has 0 aliphatic carbocycles. The van der Waals surface area contributed by atoms with Gasteiger partial charge in [0.25, 0.3) is 11.1 Å². The Bertz CT molecular complexity index is 1020. The molecular weight excluding hydrogens is 442 g/mol. The number of benzene rings is 1. The molecule has 3 rings (SSSR count). The fourth-order valence-corrected chi connectivity index (χ4v) is 4.29. The molecule has 2 aliphatic heterocycles. The van der Waals surface area contributed by atoms with Gasteiger partial charge in [0.05, 0.1) is 16.9 Å². The zero-order chi connectivity index (χ0) is 23.4. The number of amides is 3. The van der Waals surface area contributed by atoms with Gasteiger partial charge in [-0.25, -0.2) is 0 Å². The Morgan fingerprint density at radius 3 is 2.50 bits per heavy atom. The second-order valence-electron chi connectivity index (χ2n) is 7.09. The van der Waals surface area contributed by atoms with Crippen molar-refractivity contribution in [3.8, 4) is 11.5 Å². The lowest BCUT2D eigenvalue weighted by Crippen LogP contribution is -2.44. The average molecular weight is 463 g/mol. The number of nitro benzene ring substituents is 1. The Kier molecular flexibility index (Phi) is 7.13. The predicted octanol–water partition coefficient (Wildman–Crippen LogP) is 2.58. The Balaban J connectivity index is 1.88. The minimum atomic E-state index is -0.766. The molecule has 0 bridgehead atoms. The molecule has 0 atom stereocenters. The van der Waals surface area contributed by atoms with Gasteiger partial charge in [0.15, 0.2) is 0 Å². The summed E-state index contributed by atoms with van der Waals surface area (Å²) < 4.78 is 10.0. The summed E-state index contributed by atoms with van der Waals surface area (Å²) in [5.41, 5.74) is -0.445. The number of carbonyl (C=O) groups is 4. The molecule has 1 aromatic carbocycles. The maximum Gasteiger partial charge on any atom is 0.353 e. The van der Waals surface area contributed by atoms with E-state index in [1.807, 2.05) is 0 Å². The largest absolute Gasteiger partial charge is 0.490 e. The zero-order valence-electron chi connectivity index (χ0n) is 17.5. The number of imide groups is 1. The number of nitrogens with zero attached hydrogens (tertiary/aromatic N) is 3. The Hall–Kier alpha value is -3.41. The molecule has 0 radical (unpaired) electrons. The van der Waals surface area contributed by atoms with Gasteiger partial charge >= 0.3 is 11.7 Å². The lowest BCUT2D eigenvalue weighted by atomic mass is 10.1. The van der Waals surface area contributed by atoms with E-state index >= 15 is 0 Å². The van der Waals surface area contributed by atoms with Gasteiger partial charge in [0.1, 0.15) is 6.54 Å². The molecule has 12 heteroatoms. The van der Waals surface area contributed by atoms with Crippen LogP contribution in [-0.4, -0.2) is 64.5 Å². The average Bonchev–Trinajstić information content (AvgIpc) is 3.01. The molecule has 32 heavy (non-hydrogen) atoms. The SMILES string of the molecule is COc1c(/C=C2\SC(=O)N(CC(=O)N3CCCCC3)C2=O)ccc(OC(C)=O)c1[N+](=O)[O-]. The lowest BCUT2D eigenvalue weighted by Gasteiger charge is -2.27. The van der Waals surface area contributed by atoms with E-state index in [9.17, 15) is 29.3 Å². The number of hydrogen-bond acceptors (Lipinski definition) is 9. The third kappa shape index (κ3) is 4.90. The third-order valence-electron chi connectivity index (χ3n) is 4.93. The quantitative estimate of drug-likeness (QED) is 0.205. The maximum atomic E-state index is 12.8. The molecule has 2 fully saturated rings. The van der Waals surface area contributed by atoms with E-state index in [1.54, 1.807) is 4.90 Å². The number of esters is 1. The Labute approximate surface area is 187 Å². The Morgan fingerprint density at radius 1 is 1.22 bits per heavy atom. The number of rotatable bonds is 6. The number of thioether (sulfide) groups is 1. The van der Waals surface area contributed by atoms with Crippen molar-refractivity contribution in [3.63, 3.8) is 0 Å². The Morgan fingerprint density at radius 2 is 1.91 bits per heavy atom. The lowest BCUT2D eigenvalue weighted by molar-refractivity contribution is -0.386. The van der Waals surface area contributed by atoms with Crippen molar-refractivity contribution >= 4 is 46.5 Å². The van der Waals surface area contributed by atoms with E-state index in [1.165, 1.54) is 25.3 Å². The molecule has 3 amide bonds. The molecule has 0 spiro atoms. The van der Waals surface area contributed by atoms with Gasteiger partial charge in [-0.3, -0.25) is 34.2 Å². The number of nitro groups is 1. The molecule has 11 nitrogen and oxygen atoms in total. The summed E-state index contributed by atoms with van der Waals surface area (Å²) in [5.74, 6) is -2.25. The highest BCUT2D eigenvalue weighted by atomic mass is 32.2. The maximum absolute atomic E-state index is 12.8. The number of likely N-dealkylation sites (tertiary alicyclic amines) is 1. The first kappa shape index (κ1) is 23.3. The predicted molar refractivity (Wildman–Crippen MR) is 114 cm³/mol. The van der Waals surface area contributed by atoms with Crippen LogP contribution in [0, 0.1) is 10.1 Å². The van der Waals surface area contributed by atoms with E-state index in [0.717, 1.165) is 31.1 Å². The van der Waals surface area contributed by atoms with Crippen LogP contribution in [0.4, 0.5) is 10.5 Å². The molecule has 0 saturated carbocycles. The van der Waals surface area contributed by atoms with Crippen molar-refractivity contribution in [3.05, 3.63) is 32.7 Å². The van der Waals surface area contributed by atoms with Crippen molar-refractivity contribution in [2.24, 2.45) is 0 Å². The summed E-state index contributed by atoms with van der Waals surface area (Å²) in [6.07, 6.45) is 4.09. The third-order valence-corrected chi connectivity index (χ3v) is 5.84. The molecule has 0 N–H and O–H groups in total. The summed E-state index contributed by atoms with van der Waals surface area (Å²) in [6.45, 7) is 1.94. The minimum Gasteiger partial charge on any atom is -0.490 e. The van der Waals surface area contributed by atoms with Gasteiger partial charge in [0.2, 0.25) is 17.4 Å².